The number of nitro groups is 1. The molecule has 1 aromatic carbocycles. The Kier molecular flexibility index (Phi) is 3.94. The van der Waals surface area contributed by atoms with Crippen molar-refractivity contribution in [3.63, 3.8) is 0 Å². The molecule has 0 radical (unpaired) electrons. The van der Waals surface area contributed by atoms with Crippen molar-refractivity contribution in [1.82, 2.24) is 5.32 Å². The molecule has 3 rings (SSSR count). The maximum absolute atomic E-state index is 11.6. The molecule has 1 fully saturated rings. The summed E-state index contributed by atoms with van der Waals surface area (Å²) in [6, 6.07) is 5.24. The Hall–Kier alpha value is -2.21. The number of nitrogens with one attached hydrogen (secondary N) is 1. The third kappa shape index (κ3) is 2.74. The van der Waals surface area contributed by atoms with Gasteiger partial charge in [0.1, 0.15) is 0 Å². The number of hydrogen-bond acceptors (Lipinski definition) is 5. The van der Waals surface area contributed by atoms with Crippen LogP contribution in [0.1, 0.15) is 41.6 Å². The number of esters is 1. The van der Waals surface area contributed by atoms with Crippen LogP contribution in [0, 0.1) is 10.1 Å². The first-order valence-corrected chi connectivity index (χ1v) is 7.42. The van der Waals surface area contributed by atoms with Crippen molar-refractivity contribution >= 4 is 17.2 Å². The Balaban J connectivity index is 2.01. The molecular weight excluding hydrogens is 284 g/mol. The Morgan fingerprint density at radius 3 is 2.91 bits per heavy atom. The van der Waals surface area contributed by atoms with Crippen LogP contribution in [-0.4, -0.2) is 30.1 Å². The lowest BCUT2D eigenvalue weighted by atomic mass is 9.84. The largest absolute Gasteiger partial charge is 0.465 e. The van der Waals surface area contributed by atoms with E-state index in [0.29, 0.717) is 17.6 Å². The number of fused-ring (bicyclic) bond motifs is 2. The number of methoxy groups -OCH3 is 1. The summed E-state index contributed by atoms with van der Waals surface area (Å²) in [5.41, 5.74) is 1.77. The van der Waals surface area contributed by atoms with E-state index >= 15 is 0 Å². The number of piperidine rings is 1. The summed E-state index contributed by atoms with van der Waals surface area (Å²) < 4.78 is 4.63. The van der Waals surface area contributed by atoms with Gasteiger partial charge in [0.2, 0.25) is 0 Å². The third-order valence-electron chi connectivity index (χ3n) is 4.35. The number of ether oxygens (including phenoxy) is 1. The monoisotopic (exact) mass is 302 g/mol. The lowest BCUT2D eigenvalue weighted by Crippen LogP contribution is -2.44. The summed E-state index contributed by atoms with van der Waals surface area (Å²) in [7, 11) is 1.26. The molecule has 1 N–H and O–H groups in total. The van der Waals surface area contributed by atoms with Gasteiger partial charge in [0, 0.05) is 18.2 Å². The van der Waals surface area contributed by atoms with Gasteiger partial charge in [0.05, 0.1) is 23.2 Å². The van der Waals surface area contributed by atoms with Crippen LogP contribution in [-0.2, 0) is 4.74 Å². The van der Waals surface area contributed by atoms with E-state index in [4.69, 9.17) is 0 Å². The van der Waals surface area contributed by atoms with Crippen LogP contribution in [0.4, 0.5) is 5.69 Å². The number of carbonyl (C=O) groups is 1. The lowest BCUT2D eigenvalue weighted by molar-refractivity contribution is -0.385. The van der Waals surface area contributed by atoms with Crippen molar-refractivity contribution in [2.75, 3.05) is 7.11 Å². The molecule has 0 spiro atoms. The maximum atomic E-state index is 11.6. The minimum atomic E-state index is -0.564. The van der Waals surface area contributed by atoms with Crippen LogP contribution >= 0.6 is 0 Å². The number of carbonyl (C=O) groups excluding carboxylic acids is 1. The lowest BCUT2D eigenvalue weighted by Gasteiger charge is -2.35. The molecule has 6 heteroatoms. The number of hydrogen-bond donors (Lipinski definition) is 1. The molecule has 0 amide bonds. The molecule has 2 unspecified atom stereocenters. The van der Waals surface area contributed by atoms with Gasteiger partial charge < -0.3 is 10.1 Å². The summed E-state index contributed by atoms with van der Waals surface area (Å²) in [4.78, 5) is 22.5. The van der Waals surface area contributed by atoms with Gasteiger partial charge in [-0.3, -0.25) is 10.1 Å². The molecular formula is C16H18N2O4. The molecule has 2 heterocycles. The first-order chi connectivity index (χ1) is 10.6. The van der Waals surface area contributed by atoms with Crippen LogP contribution in [0.5, 0.6) is 0 Å². The second-order valence-corrected chi connectivity index (χ2v) is 5.78. The van der Waals surface area contributed by atoms with E-state index in [1.807, 2.05) is 0 Å². The van der Waals surface area contributed by atoms with E-state index in [1.165, 1.54) is 19.6 Å². The molecule has 1 aromatic rings. The van der Waals surface area contributed by atoms with Crippen LogP contribution in [0.15, 0.2) is 24.3 Å². The van der Waals surface area contributed by atoms with Gasteiger partial charge in [-0.2, -0.15) is 0 Å². The summed E-state index contributed by atoms with van der Waals surface area (Å²) in [5.74, 6) is -0.564. The highest BCUT2D eigenvalue weighted by atomic mass is 16.6. The van der Waals surface area contributed by atoms with E-state index in [1.54, 1.807) is 12.1 Å². The molecule has 2 bridgehead atoms. The Bertz CT molecular complexity index is 654. The second-order valence-electron chi connectivity index (χ2n) is 5.78. The zero-order valence-corrected chi connectivity index (χ0v) is 12.4. The third-order valence-corrected chi connectivity index (χ3v) is 4.35. The van der Waals surface area contributed by atoms with Gasteiger partial charge in [-0.25, -0.2) is 4.79 Å². The van der Waals surface area contributed by atoms with Crippen molar-refractivity contribution in [2.24, 2.45) is 0 Å². The van der Waals surface area contributed by atoms with Crippen molar-refractivity contribution < 1.29 is 14.5 Å². The SMILES string of the molecule is COC(=O)c1ccc(C2=CC3CCCC(C2)N3)c([N+](=O)[O-])c1. The van der Waals surface area contributed by atoms with Gasteiger partial charge in [0.25, 0.3) is 5.69 Å². The Morgan fingerprint density at radius 1 is 1.41 bits per heavy atom. The smallest absolute Gasteiger partial charge is 0.338 e. The van der Waals surface area contributed by atoms with Crippen molar-refractivity contribution in [3.8, 4) is 0 Å². The minimum absolute atomic E-state index is 0.0332. The van der Waals surface area contributed by atoms with E-state index in [9.17, 15) is 14.9 Å². The van der Waals surface area contributed by atoms with Gasteiger partial charge in [-0.05, 0) is 37.0 Å². The molecule has 116 valence electrons. The van der Waals surface area contributed by atoms with E-state index < -0.39 is 10.9 Å². The average Bonchev–Trinajstić information content (AvgIpc) is 2.53. The second kappa shape index (κ2) is 5.88. The number of nitro benzene ring substituents is 1. The van der Waals surface area contributed by atoms with E-state index in [0.717, 1.165) is 24.8 Å². The van der Waals surface area contributed by atoms with Crippen LogP contribution < -0.4 is 5.32 Å². The number of benzene rings is 1. The Morgan fingerprint density at radius 2 is 2.23 bits per heavy atom. The molecule has 0 saturated carbocycles. The van der Waals surface area contributed by atoms with Gasteiger partial charge in [0.15, 0.2) is 0 Å². The van der Waals surface area contributed by atoms with Gasteiger partial charge in [-0.15, -0.1) is 0 Å². The zero-order valence-electron chi connectivity index (χ0n) is 12.4. The summed E-state index contributed by atoms with van der Waals surface area (Å²) in [6.45, 7) is 0. The van der Waals surface area contributed by atoms with Crippen molar-refractivity contribution in [1.29, 1.82) is 0 Å². The van der Waals surface area contributed by atoms with Gasteiger partial charge in [-0.1, -0.05) is 12.5 Å². The fraction of sp³-hybridized carbons (Fsp3) is 0.438. The quantitative estimate of drug-likeness (QED) is 0.527. The number of nitrogens with zero attached hydrogens (tertiary/aromatic N) is 1. The maximum Gasteiger partial charge on any atom is 0.338 e. The first-order valence-electron chi connectivity index (χ1n) is 7.42. The van der Waals surface area contributed by atoms with Crippen molar-refractivity contribution in [2.45, 2.75) is 37.8 Å². The zero-order chi connectivity index (χ0) is 15.7. The molecule has 6 nitrogen and oxygen atoms in total. The molecule has 1 saturated heterocycles. The standard InChI is InChI=1S/C16H18N2O4/c1-22-16(19)10-5-6-14(15(9-10)18(20)21)11-7-12-3-2-4-13(8-11)17-12/h5-7,9,12-13,17H,2-4,8H2,1H3. The normalized spacial score (nSPS) is 23.6. The first kappa shape index (κ1) is 14.7. The molecule has 0 aliphatic carbocycles. The number of rotatable bonds is 3. The minimum Gasteiger partial charge on any atom is -0.465 e. The van der Waals surface area contributed by atoms with Crippen LogP contribution in [0.3, 0.4) is 0 Å². The summed E-state index contributed by atoms with van der Waals surface area (Å²) in [5, 5.41) is 14.9. The fourth-order valence-electron chi connectivity index (χ4n) is 3.32. The van der Waals surface area contributed by atoms with Crippen molar-refractivity contribution in [3.05, 3.63) is 45.5 Å². The van der Waals surface area contributed by atoms with Gasteiger partial charge >= 0.3 is 5.97 Å². The van der Waals surface area contributed by atoms with E-state index in [2.05, 4.69) is 16.1 Å². The predicted octanol–water partition coefficient (Wildman–Crippen LogP) is 2.68. The summed E-state index contributed by atoms with van der Waals surface area (Å²) in [6.07, 6.45) is 6.23. The Labute approximate surface area is 128 Å². The molecule has 2 aliphatic heterocycles. The molecule has 2 atom stereocenters. The van der Waals surface area contributed by atoms with Crippen LogP contribution in [0.25, 0.3) is 5.57 Å². The fourth-order valence-corrected chi connectivity index (χ4v) is 3.32. The van der Waals surface area contributed by atoms with Crippen LogP contribution in [0.2, 0.25) is 0 Å². The molecule has 2 aliphatic rings. The highest BCUT2D eigenvalue weighted by Crippen LogP contribution is 2.35. The topological polar surface area (TPSA) is 81.5 Å². The summed E-state index contributed by atoms with van der Waals surface area (Å²) >= 11 is 0. The predicted molar refractivity (Wildman–Crippen MR) is 81.6 cm³/mol. The average molecular weight is 302 g/mol. The van der Waals surface area contributed by atoms with E-state index in [-0.39, 0.29) is 11.3 Å². The molecule has 22 heavy (non-hydrogen) atoms. The highest BCUT2D eigenvalue weighted by molar-refractivity contribution is 5.91. The molecule has 0 aromatic heterocycles. The highest BCUT2D eigenvalue weighted by Gasteiger charge is 2.29.